The van der Waals surface area contributed by atoms with Gasteiger partial charge in [-0.2, -0.15) is 18.2 Å². The fourth-order valence-electron chi connectivity index (χ4n) is 8.72. The summed E-state index contributed by atoms with van der Waals surface area (Å²) in [6.07, 6.45) is -1.22. The SMILES string of the molecule is CC[C@@H]1C[C@@H](C)CC/C=C\[C@@H]2C[C@@]2(C(=O)NS(=O)(=O)C2(CF)CC2)CC(=O)[C@@H]2C[C@@H](Oc3nc(OC)cc4cc(OC)ccc34)CN2C(=O)[C@H]1CC(=O)OC(C)(C)C(F)(F)F. The van der Waals surface area contributed by atoms with E-state index in [1.54, 1.807) is 30.3 Å². The number of Topliss-reactive ketones (excluding diaryl/α,β-unsaturated/α-hetero) is 1. The van der Waals surface area contributed by atoms with Crippen molar-refractivity contribution in [1.82, 2.24) is 14.6 Å². The van der Waals surface area contributed by atoms with Crippen LogP contribution in [-0.4, -0.2) is 98.0 Å². The van der Waals surface area contributed by atoms with E-state index in [0.717, 1.165) is 13.8 Å². The lowest BCUT2D eigenvalue weighted by molar-refractivity contribution is -0.257. The normalized spacial score (nSPS) is 28.7. The van der Waals surface area contributed by atoms with Crippen molar-refractivity contribution >= 4 is 44.4 Å². The number of ether oxygens (including phenoxy) is 4. The summed E-state index contributed by atoms with van der Waals surface area (Å²) in [5, 5.41) is 1.21. The third-order valence-corrected chi connectivity index (χ3v) is 15.2. The van der Waals surface area contributed by atoms with Crippen LogP contribution in [0.2, 0.25) is 0 Å². The lowest BCUT2D eigenvalue weighted by Crippen LogP contribution is -2.49. The Hall–Kier alpha value is -4.48. The number of methoxy groups -OCH3 is 2. The average Bonchev–Trinajstić information content (AvgIpc) is 4.11. The molecule has 7 atom stereocenters. The second-order valence-electron chi connectivity index (χ2n) is 17.7. The van der Waals surface area contributed by atoms with Crippen LogP contribution >= 0.6 is 0 Å². The molecule has 6 rings (SSSR count). The van der Waals surface area contributed by atoms with Crippen molar-refractivity contribution in [2.45, 2.75) is 121 Å². The third kappa shape index (κ3) is 9.48. The summed E-state index contributed by atoms with van der Waals surface area (Å²) < 4.78 is 105. The number of pyridine rings is 1. The first-order chi connectivity index (χ1) is 28.6. The minimum absolute atomic E-state index is 0.0244. The summed E-state index contributed by atoms with van der Waals surface area (Å²) in [6.45, 7) is 3.87. The van der Waals surface area contributed by atoms with Crippen molar-refractivity contribution in [2.75, 3.05) is 27.4 Å². The number of amides is 2. The largest absolute Gasteiger partial charge is 0.497 e. The highest BCUT2D eigenvalue weighted by Gasteiger charge is 2.63. The minimum atomic E-state index is -4.89. The average molecular weight is 882 g/mol. The number of carbonyl (C=O) groups is 4. The highest BCUT2D eigenvalue weighted by molar-refractivity contribution is 7.91. The molecule has 1 saturated heterocycles. The number of ketones is 1. The smallest absolute Gasteiger partial charge is 0.427 e. The summed E-state index contributed by atoms with van der Waals surface area (Å²) in [4.78, 5) is 63.0. The van der Waals surface area contributed by atoms with E-state index < -0.39 is 105 Å². The number of aromatic nitrogens is 1. The number of nitrogens with one attached hydrogen (secondary N) is 1. The predicted octanol–water partition coefficient (Wildman–Crippen LogP) is 6.81. The van der Waals surface area contributed by atoms with Gasteiger partial charge in [0.25, 0.3) is 0 Å². The van der Waals surface area contributed by atoms with Crippen LogP contribution in [0.3, 0.4) is 0 Å². The molecule has 0 unspecified atom stereocenters. The van der Waals surface area contributed by atoms with E-state index >= 15 is 4.79 Å². The van der Waals surface area contributed by atoms with E-state index in [1.165, 1.54) is 19.1 Å². The maximum absolute atomic E-state index is 15.0. The Balaban J connectivity index is 1.39. The molecule has 1 aromatic heterocycles. The molecule has 0 radical (unpaired) electrons. The quantitative estimate of drug-likeness (QED) is 0.135. The molecule has 2 amide bonds. The molecule has 336 valence electrons. The Bertz CT molecular complexity index is 2150. The van der Waals surface area contributed by atoms with Crippen molar-refractivity contribution in [3.63, 3.8) is 0 Å². The van der Waals surface area contributed by atoms with Crippen LogP contribution in [-0.2, 0) is 33.9 Å². The van der Waals surface area contributed by atoms with E-state index in [4.69, 9.17) is 18.9 Å². The number of benzene rings is 1. The second-order valence-corrected chi connectivity index (χ2v) is 19.8. The van der Waals surface area contributed by atoms with Crippen LogP contribution in [0.4, 0.5) is 17.6 Å². The maximum atomic E-state index is 15.0. The van der Waals surface area contributed by atoms with Crippen molar-refractivity contribution in [2.24, 2.45) is 29.1 Å². The van der Waals surface area contributed by atoms with Crippen LogP contribution in [0.25, 0.3) is 10.8 Å². The number of rotatable bonds is 12. The number of hydrogen-bond acceptors (Lipinski definition) is 11. The molecule has 61 heavy (non-hydrogen) atoms. The van der Waals surface area contributed by atoms with Crippen molar-refractivity contribution < 1.29 is 64.1 Å². The van der Waals surface area contributed by atoms with Gasteiger partial charge in [-0.1, -0.05) is 32.4 Å². The summed E-state index contributed by atoms with van der Waals surface area (Å²) >= 11 is 0. The molecule has 13 nitrogen and oxygen atoms in total. The highest BCUT2D eigenvalue weighted by Crippen LogP contribution is 2.58. The van der Waals surface area contributed by atoms with Crippen molar-refractivity contribution in [3.05, 3.63) is 36.4 Å². The van der Waals surface area contributed by atoms with E-state index in [1.807, 2.05) is 19.9 Å². The lowest BCUT2D eigenvalue weighted by Gasteiger charge is -2.34. The van der Waals surface area contributed by atoms with Crippen LogP contribution in [0.1, 0.15) is 91.9 Å². The molecule has 1 N–H and O–H groups in total. The van der Waals surface area contributed by atoms with Crippen LogP contribution < -0.4 is 18.9 Å². The topological polar surface area (TPSA) is 168 Å². The Kier molecular flexibility index (Phi) is 13.1. The summed E-state index contributed by atoms with van der Waals surface area (Å²) in [5.74, 6) is -4.81. The summed E-state index contributed by atoms with van der Waals surface area (Å²) in [7, 11) is -1.49. The van der Waals surface area contributed by atoms with E-state index in [-0.39, 0.29) is 49.9 Å². The van der Waals surface area contributed by atoms with Gasteiger partial charge >= 0.3 is 12.1 Å². The molecule has 2 aliphatic carbocycles. The van der Waals surface area contributed by atoms with Gasteiger partial charge in [0.05, 0.1) is 44.6 Å². The Morgan fingerprint density at radius 3 is 2.41 bits per heavy atom. The molecule has 1 aromatic carbocycles. The van der Waals surface area contributed by atoms with E-state index in [9.17, 15) is 40.4 Å². The molecular weight excluding hydrogens is 827 g/mol. The van der Waals surface area contributed by atoms with Gasteiger partial charge in [-0.25, -0.2) is 12.8 Å². The summed E-state index contributed by atoms with van der Waals surface area (Å²) in [6, 6.07) is 5.59. The third-order valence-electron chi connectivity index (χ3n) is 13.1. The number of alkyl halides is 4. The molecule has 4 aliphatic rings. The first kappa shape index (κ1) is 46.0. The zero-order valence-corrected chi connectivity index (χ0v) is 36.1. The Morgan fingerprint density at radius 1 is 1.07 bits per heavy atom. The van der Waals surface area contributed by atoms with E-state index in [2.05, 4.69) is 9.71 Å². The van der Waals surface area contributed by atoms with Crippen molar-refractivity contribution in [1.29, 1.82) is 0 Å². The van der Waals surface area contributed by atoms with Crippen LogP contribution in [0.5, 0.6) is 17.5 Å². The van der Waals surface area contributed by atoms with Gasteiger partial charge in [-0.05, 0) is 93.7 Å². The molecule has 3 fully saturated rings. The van der Waals surface area contributed by atoms with Gasteiger partial charge in [0, 0.05) is 24.3 Å². The number of hydrogen-bond donors (Lipinski definition) is 1. The zero-order valence-electron chi connectivity index (χ0n) is 35.3. The number of halogens is 4. The number of fused-ring (bicyclic) bond motifs is 3. The number of esters is 1. The first-order valence-electron chi connectivity index (χ1n) is 20.7. The fourth-order valence-corrected chi connectivity index (χ4v) is 10.2. The molecule has 0 spiro atoms. The molecule has 2 aliphatic heterocycles. The Labute approximate surface area is 353 Å². The van der Waals surface area contributed by atoms with Gasteiger partial charge < -0.3 is 23.8 Å². The maximum Gasteiger partial charge on any atom is 0.427 e. The molecule has 3 heterocycles. The standard InChI is InChI=1S/C43H55F4N3O10S/c1-7-26-16-25(2)10-8-9-11-28-21-42(28,39(54)49-61(55,56)41(24-44)14-15-41)22-34(51)33-19-30(59-37-31-13-12-29(57-5)17-27(31)18-35(48-37)58-6)23-50(33)38(53)32(26)20-36(52)60-40(3,4)43(45,46)47/h9,11-13,17-18,25-26,28,30,32-33H,7-8,10,14-16,19-24H2,1-6H3,(H,49,54)/b11-9-/t25-,26+,28+,30+,32-,33-,42+/m0/s1. The molecule has 18 heteroatoms. The van der Waals surface area contributed by atoms with Crippen LogP contribution in [0.15, 0.2) is 36.4 Å². The Morgan fingerprint density at radius 2 is 1.79 bits per heavy atom. The lowest BCUT2D eigenvalue weighted by atomic mass is 9.79. The van der Waals surface area contributed by atoms with Crippen molar-refractivity contribution in [3.8, 4) is 17.5 Å². The van der Waals surface area contributed by atoms with Gasteiger partial charge in [-0.15, -0.1) is 0 Å². The van der Waals surface area contributed by atoms with Gasteiger partial charge in [0.1, 0.15) is 23.3 Å². The zero-order chi connectivity index (χ0) is 44.7. The summed E-state index contributed by atoms with van der Waals surface area (Å²) in [5.41, 5.74) is -4.36. The van der Waals surface area contributed by atoms with Gasteiger partial charge in [0.2, 0.25) is 39.2 Å². The fraction of sp³-hybridized carbons (Fsp3) is 0.651. The van der Waals surface area contributed by atoms with Gasteiger partial charge in [-0.3, -0.25) is 23.9 Å². The number of sulfonamides is 1. The molecule has 2 aromatic rings. The molecule has 0 bridgehead atoms. The minimum Gasteiger partial charge on any atom is -0.497 e. The second kappa shape index (κ2) is 17.4. The molecular formula is C43H55F4N3O10S. The first-order valence-corrected chi connectivity index (χ1v) is 22.2. The molecule has 2 saturated carbocycles. The van der Waals surface area contributed by atoms with E-state index in [0.29, 0.717) is 42.2 Å². The number of allylic oxidation sites excluding steroid dienone is 2. The predicted molar refractivity (Wildman–Crippen MR) is 215 cm³/mol. The number of nitrogens with zero attached hydrogens (tertiary/aromatic N) is 2. The monoisotopic (exact) mass is 881 g/mol. The van der Waals surface area contributed by atoms with Gasteiger partial charge in [0.15, 0.2) is 5.78 Å². The number of carbonyl (C=O) groups excluding carboxylic acids is 4. The van der Waals surface area contributed by atoms with Crippen LogP contribution in [0, 0.1) is 29.1 Å². The highest BCUT2D eigenvalue weighted by atomic mass is 32.2.